The predicted octanol–water partition coefficient (Wildman–Crippen LogP) is 0.765. The molecule has 6 heteroatoms. The first-order chi connectivity index (χ1) is 8.33. The highest BCUT2D eigenvalue weighted by Gasteiger charge is 2.09. The highest BCUT2D eigenvalue weighted by Crippen LogP contribution is 2.15. The molecule has 1 N–H and O–H groups in total. The highest BCUT2D eigenvalue weighted by atomic mass is 16.4. The zero-order valence-corrected chi connectivity index (χ0v) is 9.34. The number of pyridine rings is 1. The molecular formula is C11H11N5O. The fraction of sp³-hybridized carbons (Fsp3) is 0.273. The highest BCUT2D eigenvalue weighted by molar-refractivity contribution is 5.47. The Balaban J connectivity index is 2.16. The summed E-state index contributed by atoms with van der Waals surface area (Å²) in [6, 6.07) is 5.36. The lowest BCUT2D eigenvalue weighted by atomic mass is 10.3. The van der Waals surface area contributed by atoms with Crippen molar-refractivity contribution in [3.05, 3.63) is 29.8 Å². The van der Waals surface area contributed by atoms with Crippen LogP contribution in [0.15, 0.2) is 22.7 Å². The average molecular weight is 229 g/mol. The van der Waals surface area contributed by atoms with Crippen molar-refractivity contribution >= 4 is 0 Å². The first-order valence-corrected chi connectivity index (χ1v) is 5.17. The molecule has 0 aliphatic heterocycles. The minimum Gasteiger partial charge on any atom is -0.419 e. The zero-order valence-electron chi connectivity index (χ0n) is 9.34. The van der Waals surface area contributed by atoms with E-state index in [0.717, 1.165) is 6.54 Å². The number of nitrogens with zero attached hydrogens (tertiary/aromatic N) is 4. The van der Waals surface area contributed by atoms with E-state index in [-0.39, 0.29) is 0 Å². The van der Waals surface area contributed by atoms with Crippen LogP contribution in [0.1, 0.15) is 11.5 Å². The Morgan fingerprint density at radius 1 is 1.41 bits per heavy atom. The van der Waals surface area contributed by atoms with Crippen LogP contribution in [0.3, 0.4) is 0 Å². The van der Waals surface area contributed by atoms with Crippen LogP contribution in [0.25, 0.3) is 11.6 Å². The Labute approximate surface area is 98.3 Å². The molecule has 2 aromatic rings. The van der Waals surface area contributed by atoms with E-state index in [2.05, 4.69) is 20.5 Å². The maximum Gasteiger partial charge on any atom is 0.266 e. The SMILES string of the molecule is CNCCc1nnc(-c2ccc(C#N)cn2)o1. The van der Waals surface area contributed by atoms with Crippen LogP contribution >= 0.6 is 0 Å². The van der Waals surface area contributed by atoms with Crippen molar-refractivity contribution in [3.8, 4) is 17.7 Å². The smallest absolute Gasteiger partial charge is 0.266 e. The molecule has 2 rings (SSSR count). The molecule has 0 aliphatic rings. The first-order valence-electron chi connectivity index (χ1n) is 5.17. The van der Waals surface area contributed by atoms with Gasteiger partial charge in [-0.05, 0) is 19.2 Å². The number of rotatable bonds is 4. The summed E-state index contributed by atoms with van der Waals surface area (Å²) in [5, 5.41) is 19.5. The van der Waals surface area contributed by atoms with Gasteiger partial charge in [0.15, 0.2) is 0 Å². The normalized spacial score (nSPS) is 10.1. The van der Waals surface area contributed by atoms with E-state index in [1.54, 1.807) is 12.1 Å². The lowest BCUT2D eigenvalue weighted by Crippen LogP contribution is -2.10. The molecule has 0 unspecified atom stereocenters. The van der Waals surface area contributed by atoms with Crippen molar-refractivity contribution in [3.63, 3.8) is 0 Å². The van der Waals surface area contributed by atoms with Gasteiger partial charge < -0.3 is 9.73 Å². The third-order valence-electron chi connectivity index (χ3n) is 2.17. The van der Waals surface area contributed by atoms with Crippen LogP contribution < -0.4 is 5.32 Å². The van der Waals surface area contributed by atoms with Crippen molar-refractivity contribution in [1.82, 2.24) is 20.5 Å². The zero-order chi connectivity index (χ0) is 12.1. The van der Waals surface area contributed by atoms with Crippen molar-refractivity contribution in [2.75, 3.05) is 13.6 Å². The minimum atomic E-state index is 0.376. The van der Waals surface area contributed by atoms with Gasteiger partial charge in [0.2, 0.25) is 5.89 Å². The number of hydrogen-bond acceptors (Lipinski definition) is 6. The summed E-state index contributed by atoms with van der Waals surface area (Å²) in [6.07, 6.45) is 2.16. The van der Waals surface area contributed by atoms with Crippen LogP contribution in [0.4, 0.5) is 0 Å². The number of hydrogen-bond donors (Lipinski definition) is 1. The summed E-state index contributed by atoms with van der Waals surface area (Å²) in [5.41, 5.74) is 1.08. The van der Waals surface area contributed by atoms with Gasteiger partial charge in [0.25, 0.3) is 5.89 Å². The molecular weight excluding hydrogens is 218 g/mol. The maximum absolute atomic E-state index is 8.65. The van der Waals surface area contributed by atoms with Crippen molar-refractivity contribution in [2.45, 2.75) is 6.42 Å². The third-order valence-corrected chi connectivity index (χ3v) is 2.17. The Hall–Kier alpha value is -2.26. The van der Waals surface area contributed by atoms with E-state index in [0.29, 0.717) is 29.5 Å². The molecule has 6 nitrogen and oxygen atoms in total. The van der Waals surface area contributed by atoms with Gasteiger partial charge in [0, 0.05) is 19.2 Å². The van der Waals surface area contributed by atoms with Crippen molar-refractivity contribution in [1.29, 1.82) is 5.26 Å². The van der Waals surface area contributed by atoms with E-state index in [1.165, 1.54) is 6.20 Å². The molecule has 0 saturated carbocycles. The van der Waals surface area contributed by atoms with Crippen molar-refractivity contribution < 1.29 is 4.42 Å². The predicted molar refractivity (Wildman–Crippen MR) is 59.9 cm³/mol. The molecule has 0 amide bonds. The van der Waals surface area contributed by atoms with E-state index >= 15 is 0 Å². The van der Waals surface area contributed by atoms with E-state index in [9.17, 15) is 0 Å². The first kappa shape index (κ1) is 11.2. The third kappa shape index (κ3) is 2.65. The number of nitrogens with one attached hydrogen (secondary N) is 1. The molecule has 0 atom stereocenters. The number of likely N-dealkylation sites (N-methyl/N-ethyl adjacent to an activating group) is 1. The molecule has 0 radical (unpaired) electrons. The Kier molecular flexibility index (Phi) is 3.43. The van der Waals surface area contributed by atoms with Gasteiger partial charge in [0.1, 0.15) is 11.8 Å². The molecule has 0 aliphatic carbocycles. The van der Waals surface area contributed by atoms with Crippen molar-refractivity contribution in [2.24, 2.45) is 0 Å². The second kappa shape index (κ2) is 5.18. The average Bonchev–Trinajstić information content (AvgIpc) is 2.85. The molecule has 0 spiro atoms. The fourth-order valence-corrected chi connectivity index (χ4v) is 1.28. The summed E-state index contributed by atoms with van der Waals surface area (Å²) >= 11 is 0. The van der Waals surface area contributed by atoms with Gasteiger partial charge in [-0.2, -0.15) is 5.26 Å². The molecule has 0 aromatic carbocycles. The Morgan fingerprint density at radius 2 is 2.29 bits per heavy atom. The largest absolute Gasteiger partial charge is 0.419 e. The summed E-state index contributed by atoms with van der Waals surface area (Å²) < 4.78 is 5.44. The molecule has 17 heavy (non-hydrogen) atoms. The van der Waals surface area contributed by atoms with E-state index in [1.807, 2.05) is 13.1 Å². The van der Waals surface area contributed by atoms with E-state index in [4.69, 9.17) is 9.68 Å². The Bertz CT molecular complexity index is 526. The molecule has 2 heterocycles. The fourth-order valence-electron chi connectivity index (χ4n) is 1.28. The van der Waals surface area contributed by atoms with Gasteiger partial charge in [-0.1, -0.05) is 0 Å². The van der Waals surface area contributed by atoms with Gasteiger partial charge >= 0.3 is 0 Å². The summed E-state index contributed by atoms with van der Waals surface area (Å²) in [5.74, 6) is 0.945. The summed E-state index contributed by atoms with van der Waals surface area (Å²) in [6.45, 7) is 0.780. The lowest BCUT2D eigenvalue weighted by molar-refractivity contribution is 0.498. The molecule has 0 bridgehead atoms. The number of aromatic nitrogens is 3. The molecule has 86 valence electrons. The molecule has 0 fully saturated rings. The second-order valence-corrected chi connectivity index (χ2v) is 3.40. The van der Waals surface area contributed by atoms with Gasteiger partial charge in [-0.3, -0.25) is 0 Å². The van der Waals surface area contributed by atoms with Crippen LogP contribution in [-0.4, -0.2) is 28.8 Å². The lowest BCUT2D eigenvalue weighted by Gasteiger charge is -1.94. The van der Waals surface area contributed by atoms with Crippen LogP contribution in [0, 0.1) is 11.3 Å². The molecule has 0 saturated heterocycles. The Morgan fingerprint density at radius 3 is 2.94 bits per heavy atom. The van der Waals surface area contributed by atoms with Gasteiger partial charge in [0.05, 0.1) is 5.56 Å². The summed E-state index contributed by atoms with van der Waals surface area (Å²) in [7, 11) is 1.86. The second-order valence-electron chi connectivity index (χ2n) is 3.40. The molecule has 2 aromatic heterocycles. The topological polar surface area (TPSA) is 87.6 Å². The maximum atomic E-state index is 8.65. The van der Waals surface area contributed by atoms with Crippen LogP contribution in [-0.2, 0) is 6.42 Å². The van der Waals surface area contributed by atoms with E-state index < -0.39 is 0 Å². The number of nitriles is 1. The standard InChI is InChI=1S/C11H11N5O/c1-13-5-4-10-15-16-11(17-10)9-3-2-8(6-12)7-14-9/h2-3,7,13H,4-5H2,1H3. The van der Waals surface area contributed by atoms with Crippen LogP contribution in [0.2, 0.25) is 0 Å². The summed E-state index contributed by atoms with van der Waals surface area (Å²) in [4.78, 5) is 4.08. The van der Waals surface area contributed by atoms with Gasteiger partial charge in [-0.25, -0.2) is 4.98 Å². The minimum absolute atomic E-state index is 0.376. The quantitative estimate of drug-likeness (QED) is 0.832. The van der Waals surface area contributed by atoms with Gasteiger partial charge in [-0.15, -0.1) is 10.2 Å². The monoisotopic (exact) mass is 229 g/mol. The van der Waals surface area contributed by atoms with Crippen LogP contribution in [0.5, 0.6) is 0 Å².